The Labute approximate surface area is 210 Å². The highest BCUT2D eigenvalue weighted by Crippen LogP contribution is 2.52. The molecule has 194 valence electrons. The number of aliphatic hydroxyl groups is 3. The molecule has 4 rings (SSSR count). The molecule has 0 fully saturated rings. The molecule has 36 heavy (non-hydrogen) atoms. The minimum absolute atomic E-state index is 0.0785. The van der Waals surface area contributed by atoms with Crippen LogP contribution < -0.4 is 0 Å². The van der Waals surface area contributed by atoms with Crippen LogP contribution in [0.5, 0.6) is 5.75 Å². The molecule has 3 aliphatic carbocycles. The van der Waals surface area contributed by atoms with Gasteiger partial charge in [0.1, 0.15) is 22.8 Å². The van der Waals surface area contributed by atoms with E-state index in [1.54, 1.807) is 19.0 Å². The van der Waals surface area contributed by atoms with Gasteiger partial charge in [0.2, 0.25) is 5.78 Å². The van der Waals surface area contributed by atoms with Crippen LogP contribution in [0.1, 0.15) is 41.3 Å². The SMILES string of the molecule is CC(=O)C1=C(O)[C@@H](N(C)C)[C@@H]2C[C@@H]3Cc4c(CCCN(C)C)ccc(O)c4C(=O)C3=C(O)[C@]2(O)C1=O. The third kappa shape index (κ3) is 3.77. The van der Waals surface area contributed by atoms with Crippen molar-refractivity contribution in [3.63, 3.8) is 0 Å². The lowest BCUT2D eigenvalue weighted by Crippen LogP contribution is -2.63. The summed E-state index contributed by atoms with van der Waals surface area (Å²) in [5, 5.41) is 44.5. The van der Waals surface area contributed by atoms with Crippen molar-refractivity contribution in [1.82, 2.24) is 9.80 Å². The minimum Gasteiger partial charge on any atom is -0.510 e. The maximum Gasteiger partial charge on any atom is 0.209 e. The Morgan fingerprint density at radius 2 is 1.78 bits per heavy atom. The van der Waals surface area contributed by atoms with Gasteiger partial charge in [0.05, 0.1) is 11.6 Å². The largest absolute Gasteiger partial charge is 0.510 e. The van der Waals surface area contributed by atoms with Crippen LogP contribution in [0.2, 0.25) is 0 Å². The summed E-state index contributed by atoms with van der Waals surface area (Å²) in [6, 6.07) is 2.35. The van der Waals surface area contributed by atoms with E-state index in [0.717, 1.165) is 25.5 Å². The topological polar surface area (TPSA) is 139 Å². The molecule has 0 aromatic heterocycles. The first-order chi connectivity index (χ1) is 16.8. The Morgan fingerprint density at radius 1 is 1.11 bits per heavy atom. The molecule has 3 aliphatic rings. The number of ketones is 3. The Balaban J connectivity index is 1.86. The number of allylic oxidation sites excluding steroid dienone is 1. The van der Waals surface area contributed by atoms with E-state index in [9.17, 15) is 34.8 Å². The summed E-state index contributed by atoms with van der Waals surface area (Å²) < 4.78 is 0. The number of likely N-dealkylation sites (N-methyl/N-ethyl adjacent to an activating group) is 1. The lowest BCUT2D eigenvalue weighted by molar-refractivity contribution is -0.148. The molecule has 0 saturated carbocycles. The van der Waals surface area contributed by atoms with E-state index in [-0.39, 0.29) is 23.3 Å². The molecular formula is C27H34N2O7. The molecule has 1 aromatic rings. The van der Waals surface area contributed by atoms with Crippen molar-refractivity contribution >= 4 is 17.3 Å². The van der Waals surface area contributed by atoms with Gasteiger partial charge in [-0.3, -0.25) is 19.3 Å². The van der Waals surface area contributed by atoms with Crippen molar-refractivity contribution in [3.8, 4) is 5.75 Å². The average molecular weight is 499 g/mol. The number of phenols is 1. The molecule has 4 N–H and O–H groups in total. The fraction of sp³-hybridized carbons (Fsp3) is 0.519. The number of benzene rings is 1. The highest BCUT2D eigenvalue weighted by atomic mass is 16.3. The van der Waals surface area contributed by atoms with Gasteiger partial charge in [0, 0.05) is 11.5 Å². The number of hydrogen-bond donors (Lipinski definition) is 4. The van der Waals surface area contributed by atoms with Gasteiger partial charge in [-0.2, -0.15) is 0 Å². The fourth-order valence-corrected chi connectivity index (χ4v) is 6.24. The number of aromatic hydroxyl groups is 1. The van der Waals surface area contributed by atoms with Gasteiger partial charge >= 0.3 is 0 Å². The summed E-state index contributed by atoms with van der Waals surface area (Å²) in [7, 11) is 7.25. The number of nitrogens with zero attached hydrogens (tertiary/aromatic N) is 2. The summed E-state index contributed by atoms with van der Waals surface area (Å²) in [6.45, 7) is 1.96. The van der Waals surface area contributed by atoms with Gasteiger partial charge in [0.25, 0.3) is 0 Å². The van der Waals surface area contributed by atoms with E-state index in [0.29, 0.717) is 18.4 Å². The van der Waals surface area contributed by atoms with Crippen LogP contribution in [0.15, 0.2) is 34.8 Å². The Hall–Kier alpha value is -3.01. The van der Waals surface area contributed by atoms with Crippen LogP contribution in [0.25, 0.3) is 0 Å². The highest BCUT2D eigenvalue weighted by molar-refractivity contribution is 6.25. The van der Waals surface area contributed by atoms with Gasteiger partial charge in [-0.1, -0.05) is 6.07 Å². The van der Waals surface area contributed by atoms with Crippen LogP contribution in [0, 0.1) is 11.8 Å². The minimum atomic E-state index is -2.54. The number of aryl methyl sites for hydroxylation is 1. The number of phenolic OH excluding ortho intramolecular Hbond substituents is 1. The average Bonchev–Trinajstić information content (AvgIpc) is 2.77. The fourth-order valence-electron chi connectivity index (χ4n) is 6.24. The van der Waals surface area contributed by atoms with E-state index < -0.39 is 57.9 Å². The van der Waals surface area contributed by atoms with Crippen molar-refractivity contribution in [2.75, 3.05) is 34.7 Å². The van der Waals surface area contributed by atoms with Gasteiger partial charge in [-0.05, 0) is 90.5 Å². The van der Waals surface area contributed by atoms with Crippen molar-refractivity contribution < 1.29 is 34.8 Å². The van der Waals surface area contributed by atoms with Gasteiger partial charge < -0.3 is 25.3 Å². The maximum absolute atomic E-state index is 13.7. The Kier molecular flexibility index (Phi) is 6.61. The summed E-state index contributed by atoms with van der Waals surface area (Å²) in [5.41, 5.74) is -1.51. The number of carbonyl (C=O) groups is 3. The third-order valence-electron chi connectivity index (χ3n) is 7.86. The highest BCUT2D eigenvalue weighted by Gasteiger charge is 2.63. The molecule has 0 heterocycles. The zero-order chi connectivity index (χ0) is 26.7. The second-order valence-corrected chi connectivity index (χ2v) is 10.7. The van der Waals surface area contributed by atoms with Gasteiger partial charge in [-0.15, -0.1) is 0 Å². The van der Waals surface area contributed by atoms with Crippen LogP contribution >= 0.6 is 0 Å². The molecule has 4 atom stereocenters. The van der Waals surface area contributed by atoms with Gasteiger partial charge in [-0.25, -0.2) is 0 Å². The number of rotatable bonds is 6. The smallest absolute Gasteiger partial charge is 0.209 e. The molecular weight excluding hydrogens is 464 g/mol. The zero-order valence-corrected chi connectivity index (χ0v) is 21.3. The second kappa shape index (κ2) is 9.14. The third-order valence-corrected chi connectivity index (χ3v) is 7.86. The van der Waals surface area contributed by atoms with E-state index in [1.165, 1.54) is 6.07 Å². The molecule has 1 aromatic carbocycles. The summed E-state index contributed by atoms with van der Waals surface area (Å²) >= 11 is 0. The van der Waals surface area contributed by atoms with Crippen molar-refractivity contribution in [2.45, 2.75) is 44.2 Å². The van der Waals surface area contributed by atoms with Crippen LogP contribution in [-0.2, 0) is 22.4 Å². The number of hydrogen-bond acceptors (Lipinski definition) is 9. The predicted molar refractivity (Wildman–Crippen MR) is 132 cm³/mol. The summed E-state index contributed by atoms with van der Waals surface area (Å²) in [6.07, 6.45) is 2.00. The molecule has 0 unspecified atom stereocenters. The molecule has 9 nitrogen and oxygen atoms in total. The number of fused-ring (bicyclic) bond motifs is 3. The number of Topliss-reactive ketones (excluding diaryl/α,β-unsaturated/α-hetero) is 3. The molecule has 0 spiro atoms. The molecule has 0 saturated heterocycles. The lowest BCUT2D eigenvalue weighted by Gasteiger charge is -2.50. The van der Waals surface area contributed by atoms with Crippen LogP contribution in [0.4, 0.5) is 0 Å². The molecule has 0 radical (unpaired) electrons. The zero-order valence-electron chi connectivity index (χ0n) is 21.3. The summed E-state index contributed by atoms with van der Waals surface area (Å²) in [5.74, 6) is -5.45. The van der Waals surface area contributed by atoms with Gasteiger partial charge in [0.15, 0.2) is 17.2 Å². The van der Waals surface area contributed by atoms with E-state index in [2.05, 4.69) is 4.90 Å². The van der Waals surface area contributed by atoms with E-state index in [4.69, 9.17) is 0 Å². The van der Waals surface area contributed by atoms with Crippen molar-refractivity contribution in [2.24, 2.45) is 11.8 Å². The molecule has 9 heteroatoms. The summed E-state index contributed by atoms with van der Waals surface area (Å²) in [4.78, 5) is 43.0. The number of carbonyl (C=O) groups excluding carboxylic acids is 3. The quantitative estimate of drug-likeness (QED) is 0.432. The second-order valence-electron chi connectivity index (χ2n) is 10.7. The Bertz CT molecular complexity index is 1210. The normalized spacial score (nSPS) is 27.9. The van der Waals surface area contributed by atoms with Crippen LogP contribution in [-0.4, -0.2) is 94.0 Å². The standard InChI is InChI=1S/C27H34N2O7/c1-13(30)19-24(33)22(29(4)5)17-12-15-11-16-14(7-6-10-28(2)3)8-9-18(31)21(16)23(32)20(15)26(35)27(17,36)25(19)34/h8-9,15,17,22,31,33,35-36H,6-7,10-12H2,1-5H3/t15-,17-,22-,27+/m0/s1. The number of aliphatic hydroxyl groups excluding tert-OH is 2. The van der Waals surface area contributed by atoms with Crippen molar-refractivity contribution in [1.29, 1.82) is 0 Å². The predicted octanol–water partition coefficient (Wildman–Crippen LogP) is 1.72. The van der Waals surface area contributed by atoms with E-state index >= 15 is 0 Å². The first kappa shape index (κ1) is 26.1. The molecule has 0 bridgehead atoms. The first-order valence-electron chi connectivity index (χ1n) is 12.2. The van der Waals surface area contributed by atoms with Crippen LogP contribution in [0.3, 0.4) is 0 Å². The monoisotopic (exact) mass is 498 g/mol. The van der Waals surface area contributed by atoms with E-state index in [1.807, 2.05) is 20.2 Å². The lowest BCUT2D eigenvalue weighted by atomic mass is 9.58. The first-order valence-corrected chi connectivity index (χ1v) is 12.2. The van der Waals surface area contributed by atoms with Crippen molar-refractivity contribution in [3.05, 3.63) is 51.5 Å². The maximum atomic E-state index is 13.7. The molecule has 0 amide bonds. The molecule has 0 aliphatic heterocycles. The Morgan fingerprint density at radius 3 is 2.36 bits per heavy atom.